The zero-order chi connectivity index (χ0) is 20.3. The lowest BCUT2D eigenvalue weighted by Crippen LogP contribution is -2.24. The minimum atomic E-state index is -1.29. The van der Waals surface area contributed by atoms with Crippen LogP contribution in [0.3, 0.4) is 0 Å². The standard InChI is InChI=1S/C18H15BrCl2NO5/c1-8(2)11-5-10(6-12(19)16(11)25)27-17-13(20)3-9(4-14(17)21)18(26)22-7-15(23)24/h3-8,25H,1-2H3,(H,22,26)(H,23,24). The van der Waals surface area contributed by atoms with Crippen LogP contribution in [0.5, 0.6) is 17.2 Å². The Balaban J connectivity index is 2.33. The van der Waals surface area contributed by atoms with Gasteiger partial charge in [0.2, 0.25) is 0 Å². The molecule has 0 aliphatic rings. The number of aliphatic carboxylic acids is 1. The lowest BCUT2D eigenvalue weighted by molar-refractivity contribution is -0.133. The highest BCUT2D eigenvalue weighted by atomic mass is 79.9. The van der Waals surface area contributed by atoms with E-state index in [9.17, 15) is 14.7 Å². The van der Waals surface area contributed by atoms with Crippen molar-refractivity contribution in [2.24, 2.45) is 0 Å². The van der Waals surface area contributed by atoms with E-state index in [2.05, 4.69) is 21.2 Å². The average molecular weight is 476 g/mol. The summed E-state index contributed by atoms with van der Waals surface area (Å²) in [6.07, 6.45) is 0. The van der Waals surface area contributed by atoms with Crippen LogP contribution < -0.4 is 10.1 Å². The van der Waals surface area contributed by atoms with Crippen LogP contribution in [-0.4, -0.2) is 22.1 Å². The molecular formula is C18H15BrCl2NO5. The van der Waals surface area contributed by atoms with Gasteiger partial charge in [-0.05, 0) is 46.1 Å². The van der Waals surface area contributed by atoms with Gasteiger partial charge in [-0.1, -0.05) is 37.0 Å². The molecule has 0 heterocycles. The van der Waals surface area contributed by atoms with Gasteiger partial charge in [0.25, 0.3) is 5.91 Å². The topological polar surface area (TPSA) is 95.9 Å². The Morgan fingerprint density at radius 2 is 1.78 bits per heavy atom. The Bertz CT molecular complexity index is 879. The molecule has 0 bridgehead atoms. The summed E-state index contributed by atoms with van der Waals surface area (Å²) in [6, 6.07) is 5.86. The normalized spacial score (nSPS) is 10.7. The molecular weight excluding hydrogens is 461 g/mol. The maximum atomic E-state index is 11.9. The number of aromatic hydroxyl groups is 1. The zero-order valence-corrected chi connectivity index (χ0v) is 17.3. The second kappa shape index (κ2) is 8.82. The monoisotopic (exact) mass is 474 g/mol. The van der Waals surface area contributed by atoms with Crippen molar-refractivity contribution in [3.8, 4) is 17.2 Å². The number of benzene rings is 2. The van der Waals surface area contributed by atoms with Gasteiger partial charge in [-0.25, -0.2) is 4.79 Å². The molecule has 2 aromatic carbocycles. The molecule has 3 N–H and O–H groups in total. The van der Waals surface area contributed by atoms with Gasteiger partial charge in [0, 0.05) is 11.1 Å². The van der Waals surface area contributed by atoms with Crippen LogP contribution >= 0.6 is 39.1 Å². The first-order valence-corrected chi connectivity index (χ1v) is 9.21. The van der Waals surface area contributed by atoms with E-state index in [1.807, 2.05) is 13.8 Å². The van der Waals surface area contributed by atoms with Crippen molar-refractivity contribution in [3.05, 3.63) is 56.5 Å². The number of rotatable bonds is 6. The fourth-order valence-electron chi connectivity index (χ4n) is 2.21. The fraction of sp³-hybridized carbons (Fsp3) is 0.167. The lowest BCUT2D eigenvalue weighted by atomic mass is 10.0. The number of ether oxygens (including phenoxy) is 1. The molecule has 0 spiro atoms. The van der Waals surface area contributed by atoms with Crippen molar-refractivity contribution < 1.29 is 24.5 Å². The molecule has 0 aliphatic carbocycles. The average Bonchev–Trinajstić information content (AvgIpc) is 2.58. The first-order chi connectivity index (χ1) is 12.6. The zero-order valence-electron chi connectivity index (χ0n) is 14.2. The van der Waals surface area contributed by atoms with Crippen molar-refractivity contribution in [1.82, 2.24) is 5.32 Å². The molecule has 0 saturated carbocycles. The SMILES string of the molecule is CC(C)c1cc(Oc2c(Cl)cc(C(=O)N[CH]C(=O)O)cc2Cl)cc(Br)c1O. The molecule has 0 unspecified atom stereocenters. The maximum absolute atomic E-state index is 11.9. The maximum Gasteiger partial charge on any atom is 0.329 e. The Morgan fingerprint density at radius 3 is 2.30 bits per heavy atom. The highest BCUT2D eigenvalue weighted by Crippen LogP contribution is 2.41. The summed E-state index contributed by atoms with van der Waals surface area (Å²) in [4.78, 5) is 22.4. The molecule has 0 saturated heterocycles. The minimum Gasteiger partial charge on any atom is -0.506 e. The minimum absolute atomic E-state index is 0.0485. The molecule has 1 amide bonds. The Hall–Kier alpha value is -1.96. The van der Waals surface area contributed by atoms with Gasteiger partial charge in [-0.3, -0.25) is 4.79 Å². The molecule has 0 atom stereocenters. The Kier molecular flexibility index (Phi) is 6.97. The summed E-state index contributed by atoms with van der Waals surface area (Å²) in [5.41, 5.74) is 0.747. The number of carboxylic acids is 1. The molecule has 0 aliphatic heterocycles. The quantitative estimate of drug-likeness (QED) is 0.523. The van der Waals surface area contributed by atoms with E-state index in [1.54, 1.807) is 12.1 Å². The van der Waals surface area contributed by atoms with E-state index in [0.29, 0.717) is 22.3 Å². The van der Waals surface area contributed by atoms with Crippen LogP contribution in [0.1, 0.15) is 35.7 Å². The summed E-state index contributed by atoms with van der Waals surface area (Å²) in [5.74, 6) is -1.28. The molecule has 2 aromatic rings. The predicted octanol–water partition coefficient (Wildman–Crippen LogP) is 5.35. The number of halogens is 3. The summed E-state index contributed by atoms with van der Waals surface area (Å²) in [5, 5.41) is 20.9. The first-order valence-electron chi connectivity index (χ1n) is 7.66. The molecule has 143 valence electrons. The fourth-order valence-corrected chi connectivity index (χ4v) is 3.23. The number of amides is 1. The molecule has 0 aromatic heterocycles. The summed E-state index contributed by atoms with van der Waals surface area (Å²) in [7, 11) is 0. The smallest absolute Gasteiger partial charge is 0.329 e. The van der Waals surface area contributed by atoms with E-state index >= 15 is 0 Å². The number of hydrogen-bond acceptors (Lipinski definition) is 4. The van der Waals surface area contributed by atoms with Gasteiger partial charge in [-0.15, -0.1) is 0 Å². The van der Waals surface area contributed by atoms with Crippen molar-refractivity contribution in [3.63, 3.8) is 0 Å². The number of carbonyl (C=O) groups is 2. The van der Waals surface area contributed by atoms with Gasteiger partial charge in [0.05, 0.1) is 14.5 Å². The highest BCUT2D eigenvalue weighted by molar-refractivity contribution is 9.10. The molecule has 27 heavy (non-hydrogen) atoms. The summed E-state index contributed by atoms with van der Waals surface area (Å²) in [6.45, 7) is 4.45. The number of carbonyl (C=O) groups excluding carboxylic acids is 1. The Labute approximate surface area is 174 Å². The van der Waals surface area contributed by atoms with E-state index in [-0.39, 0.29) is 33.0 Å². The molecule has 1 radical (unpaired) electrons. The van der Waals surface area contributed by atoms with Gasteiger partial charge in [0.1, 0.15) is 11.5 Å². The number of phenolic OH excluding ortho intramolecular Hbond substituents is 1. The Morgan fingerprint density at radius 1 is 1.19 bits per heavy atom. The highest BCUT2D eigenvalue weighted by Gasteiger charge is 2.18. The number of phenols is 1. The van der Waals surface area contributed by atoms with Crippen LogP contribution in [0.2, 0.25) is 10.0 Å². The first kappa shape index (κ1) is 21.3. The molecule has 0 fully saturated rings. The summed E-state index contributed by atoms with van der Waals surface area (Å²) >= 11 is 15.7. The van der Waals surface area contributed by atoms with Gasteiger partial charge >= 0.3 is 5.97 Å². The van der Waals surface area contributed by atoms with Crippen LogP contribution in [0.25, 0.3) is 0 Å². The number of nitrogens with one attached hydrogen (secondary N) is 1. The third-order valence-electron chi connectivity index (χ3n) is 3.50. The van der Waals surface area contributed by atoms with Gasteiger partial charge in [-0.2, -0.15) is 0 Å². The van der Waals surface area contributed by atoms with Crippen LogP contribution in [0, 0.1) is 6.54 Å². The number of carboxylic acid groups (broad SMARTS) is 1. The van der Waals surface area contributed by atoms with Crippen LogP contribution in [0.4, 0.5) is 0 Å². The second-order valence-electron chi connectivity index (χ2n) is 5.82. The van der Waals surface area contributed by atoms with Gasteiger partial charge in [0.15, 0.2) is 12.3 Å². The van der Waals surface area contributed by atoms with Crippen LogP contribution in [-0.2, 0) is 4.79 Å². The molecule has 6 nitrogen and oxygen atoms in total. The van der Waals surface area contributed by atoms with Crippen molar-refractivity contribution in [2.75, 3.05) is 0 Å². The van der Waals surface area contributed by atoms with E-state index in [1.165, 1.54) is 12.1 Å². The summed E-state index contributed by atoms with van der Waals surface area (Å²) < 4.78 is 6.22. The second-order valence-corrected chi connectivity index (χ2v) is 7.49. The van der Waals surface area contributed by atoms with E-state index < -0.39 is 11.9 Å². The third kappa shape index (κ3) is 5.28. The predicted molar refractivity (Wildman–Crippen MR) is 106 cm³/mol. The van der Waals surface area contributed by atoms with E-state index in [4.69, 9.17) is 33.0 Å². The van der Waals surface area contributed by atoms with E-state index in [0.717, 1.165) is 0 Å². The van der Waals surface area contributed by atoms with Crippen molar-refractivity contribution in [2.45, 2.75) is 19.8 Å². The number of hydrogen-bond donors (Lipinski definition) is 3. The third-order valence-corrected chi connectivity index (χ3v) is 4.66. The van der Waals surface area contributed by atoms with Crippen molar-refractivity contribution >= 4 is 51.0 Å². The molecule has 2 rings (SSSR count). The largest absolute Gasteiger partial charge is 0.506 e. The van der Waals surface area contributed by atoms with Crippen LogP contribution in [0.15, 0.2) is 28.7 Å². The lowest BCUT2D eigenvalue weighted by Gasteiger charge is -2.15. The van der Waals surface area contributed by atoms with Gasteiger partial charge < -0.3 is 20.3 Å². The molecule has 9 heteroatoms. The van der Waals surface area contributed by atoms with Crippen molar-refractivity contribution in [1.29, 1.82) is 0 Å².